The van der Waals surface area contributed by atoms with Crippen LogP contribution in [0.3, 0.4) is 0 Å². The first-order chi connectivity index (χ1) is 19.2. The molecule has 0 aromatic heterocycles. The first kappa shape index (κ1) is 18.9. The number of ether oxygens (including phenoxy) is 1. The Hall–Kier alpha value is -3.30. The van der Waals surface area contributed by atoms with Crippen LogP contribution >= 0.6 is 0 Å². The highest BCUT2D eigenvalue weighted by Gasteiger charge is 2.39. The highest BCUT2D eigenvalue weighted by molar-refractivity contribution is 6.06. The van der Waals surface area contributed by atoms with Gasteiger partial charge in [-0.05, 0) is 50.0 Å². The van der Waals surface area contributed by atoms with E-state index in [0.29, 0.717) is 28.3 Å². The lowest BCUT2D eigenvalue weighted by Gasteiger charge is -2.35. The van der Waals surface area contributed by atoms with Gasteiger partial charge in [0.05, 0.1) is 13.6 Å². The van der Waals surface area contributed by atoms with E-state index in [9.17, 15) is 18.8 Å². The molecular formula is C27H31FN4O4. The lowest BCUT2D eigenvalue weighted by molar-refractivity contribution is -0.136. The minimum atomic E-state index is -3.36. The van der Waals surface area contributed by atoms with Gasteiger partial charge in [-0.25, -0.2) is 4.39 Å². The molecule has 3 atom stereocenters. The predicted molar refractivity (Wildman–Crippen MR) is 131 cm³/mol. The van der Waals surface area contributed by atoms with Gasteiger partial charge in [0.1, 0.15) is 11.8 Å². The van der Waals surface area contributed by atoms with Crippen LogP contribution in [0.1, 0.15) is 60.5 Å². The molecule has 3 aliphatic heterocycles. The first-order valence-corrected chi connectivity index (χ1v) is 11.9. The van der Waals surface area contributed by atoms with Crippen molar-refractivity contribution in [2.45, 2.75) is 64.5 Å². The summed E-state index contributed by atoms with van der Waals surface area (Å²) < 4.78 is 61.7. The summed E-state index contributed by atoms with van der Waals surface area (Å²) in [6.45, 7) is 5.85. The number of fused-ring (bicyclic) bond motifs is 1. The summed E-state index contributed by atoms with van der Waals surface area (Å²) >= 11 is 0. The van der Waals surface area contributed by atoms with Gasteiger partial charge in [-0.1, -0.05) is 12.1 Å². The maximum absolute atomic E-state index is 14.8. The van der Waals surface area contributed by atoms with Crippen LogP contribution in [0, 0.1) is 5.82 Å². The van der Waals surface area contributed by atoms with Crippen LogP contribution in [0.25, 0.3) is 0 Å². The largest absolute Gasteiger partial charge is 0.381 e. The highest BCUT2D eigenvalue weighted by Crippen LogP contribution is 2.32. The number of nitrogens with zero attached hydrogens (tertiary/aromatic N) is 2. The van der Waals surface area contributed by atoms with Gasteiger partial charge in [0, 0.05) is 67.0 Å². The van der Waals surface area contributed by atoms with E-state index in [1.54, 1.807) is 29.6 Å². The zero-order valence-corrected chi connectivity index (χ0v) is 20.1. The Bertz CT molecular complexity index is 1420. The lowest BCUT2D eigenvalue weighted by Crippen LogP contribution is -2.52. The van der Waals surface area contributed by atoms with Gasteiger partial charge in [-0.2, -0.15) is 0 Å². The van der Waals surface area contributed by atoms with Crippen LogP contribution in [0.15, 0.2) is 36.4 Å². The Morgan fingerprint density at radius 3 is 2.75 bits per heavy atom. The molecular weight excluding hydrogens is 463 g/mol. The molecule has 2 fully saturated rings. The molecule has 3 aliphatic rings. The van der Waals surface area contributed by atoms with Gasteiger partial charge in [0.25, 0.3) is 5.91 Å². The number of nitrogens with one attached hydrogen (secondary N) is 2. The SMILES string of the molecule is [2H]C1([2H])C(=O)NC(=O)C([2H])(N2Cc3c(NCc4cc(CN5CC(C)OC(C)C5)ccc4F)cccc3C2=O)C1([2H])[2H]. The number of morpholine rings is 1. The summed E-state index contributed by atoms with van der Waals surface area (Å²) in [6.07, 6.45) is -6.41. The number of hydrogen-bond donors (Lipinski definition) is 2. The van der Waals surface area contributed by atoms with Crippen molar-refractivity contribution < 1.29 is 30.4 Å². The number of hydrogen-bond acceptors (Lipinski definition) is 6. The molecule has 8 nitrogen and oxygen atoms in total. The molecule has 2 aromatic rings. The molecule has 0 aliphatic carbocycles. The topological polar surface area (TPSA) is 91.0 Å². The Balaban J connectivity index is 1.36. The van der Waals surface area contributed by atoms with E-state index in [-0.39, 0.29) is 24.3 Å². The fraction of sp³-hybridized carbons (Fsp3) is 0.444. The van der Waals surface area contributed by atoms with Crippen molar-refractivity contribution in [3.8, 4) is 0 Å². The summed E-state index contributed by atoms with van der Waals surface area (Å²) in [5.41, 5.74) is 2.17. The molecule has 0 radical (unpaired) electrons. The molecule has 5 rings (SSSR count). The van der Waals surface area contributed by atoms with Crippen molar-refractivity contribution in [2.75, 3.05) is 18.4 Å². The first-order valence-electron chi connectivity index (χ1n) is 14.4. The minimum absolute atomic E-state index is 0.0601. The zero-order valence-electron chi connectivity index (χ0n) is 25.1. The fourth-order valence-electron chi connectivity index (χ4n) is 4.96. The molecule has 2 aromatic carbocycles. The van der Waals surface area contributed by atoms with E-state index >= 15 is 0 Å². The van der Waals surface area contributed by atoms with Gasteiger partial charge >= 0.3 is 0 Å². The van der Waals surface area contributed by atoms with Crippen LogP contribution in [-0.2, 0) is 34.0 Å². The predicted octanol–water partition coefficient (Wildman–Crippen LogP) is 2.81. The van der Waals surface area contributed by atoms with Crippen molar-refractivity contribution in [2.24, 2.45) is 0 Å². The van der Waals surface area contributed by atoms with Crippen molar-refractivity contribution >= 4 is 23.4 Å². The maximum atomic E-state index is 14.8. The number of rotatable bonds is 6. The van der Waals surface area contributed by atoms with Crippen LogP contribution in [-0.4, -0.2) is 58.8 Å². The van der Waals surface area contributed by atoms with Gasteiger partial charge in [0.2, 0.25) is 11.8 Å². The van der Waals surface area contributed by atoms with Gasteiger partial charge in [-0.3, -0.25) is 24.6 Å². The quantitative estimate of drug-likeness (QED) is 0.594. The Morgan fingerprint density at radius 1 is 1.19 bits per heavy atom. The molecule has 9 heteroatoms. The second-order valence-electron chi connectivity index (χ2n) is 9.34. The Kier molecular flexibility index (Phi) is 5.24. The third-order valence-corrected chi connectivity index (χ3v) is 6.46. The third-order valence-electron chi connectivity index (χ3n) is 6.46. The summed E-state index contributed by atoms with van der Waals surface area (Å²) in [5, 5.41) is 4.83. The van der Waals surface area contributed by atoms with E-state index in [1.165, 1.54) is 12.1 Å². The van der Waals surface area contributed by atoms with E-state index < -0.39 is 48.8 Å². The molecule has 0 saturated carbocycles. The normalized spacial score (nSPS) is 31.5. The van der Waals surface area contributed by atoms with Crippen LogP contribution < -0.4 is 10.6 Å². The van der Waals surface area contributed by atoms with Crippen LogP contribution in [0.2, 0.25) is 0 Å². The van der Waals surface area contributed by atoms with Crippen molar-refractivity contribution in [1.29, 1.82) is 0 Å². The molecule has 0 bridgehead atoms. The molecule has 3 unspecified atom stereocenters. The smallest absolute Gasteiger partial charge is 0.255 e. The molecule has 0 spiro atoms. The number of amides is 3. The van der Waals surface area contributed by atoms with Crippen LogP contribution in [0.4, 0.5) is 10.1 Å². The number of imide groups is 1. The van der Waals surface area contributed by atoms with E-state index in [0.717, 1.165) is 18.7 Å². The van der Waals surface area contributed by atoms with E-state index in [4.69, 9.17) is 11.6 Å². The number of piperidine rings is 1. The molecule has 2 saturated heterocycles. The standard InChI is InChI=1S/C27H31FN4O4/c1-16-12-31(13-17(2)36-16)14-18-6-7-22(28)19(10-18)11-29-23-5-3-4-20-21(23)15-32(27(20)35)24-8-9-25(33)30-26(24)34/h3-7,10,16-17,24,29H,8-9,11-15H2,1-2H3,(H,30,33,34)/i8D2,9D2,24D. The molecule has 36 heavy (non-hydrogen) atoms. The average molecular weight is 500 g/mol. The third kappa shape index (κ3) is 4.99. The van der Waals surface area contributed by atoms with E-state index in [2.05, 4.69) is 10.2 Å². The number of carbonyl (C=O) groups excluding carboxylic acids is 3. The van der Waals surface area contributed by atoms with Crippen molar-refractivity contribution in [3.05, 3.63) is 64.5 Å². The van der Waals surface area contributed by atoms with E-state index in [1.807, 2.05) is 13.8 Å². The molecule has 2 N–H and O–H groups in total. The van der Waals surface area contributed by atoms with Gasteiger partial charge in [0.15, 0.2) is 0 Å². The number of anilines is 1. The highest BCUT2D eigenvalue weighted by atomic mass is 19.1. The van der Waals surface area contributed by atoms with Gasteiger partial charge in [-0.15, -0.1) is 0 Å². The number of carbonyl (C=O) groups is 3. The van der Waals surface area contributed by atoms with Crippen molar-refractivity contribution in [1.82, 2.24) is 15.1 Å². The second-order valence-corrected chi connectivity index (χ2v) is 9.34. The summed E-state index contributed by atoms with van der Waals surface area (Å²) in [6, 6.07) is 6.50. The molecule has 3 amide bonds. The number of benzene rings is 2. The summed E-state index contributed by atoms with van der Waals surface area (Å²) in [5.74, 6) is -4.21. The fourth-order valence-corrected chi connectivity index (χ4v) is 4.96. The molecule has 190 valence electrons. The second kappa shape index (κ2) is 9.99. The molecule has 3 heterocycles. The number of halogens is 1. The summed E-state index contributed by atoms with van der Waals surface area (Å²) in [4.78, 5) is 41.0. The maximum Gasteiger partial charge on any atom is 0.255 e. The monoisotopic (exact) mass is 499 g/mol. The van der Waals surface area contributed by atoms with Gasteiger partial charge < -0.3 is 15.0 Å². The Morgan fingerprint density at radius 2 is 1.97 bits per heavy atom. The Labute approximate surface area is 216 Å². The van der Waals surface area contributed by atoms with Crippen molar-refractivity contribution in [3.63, 3.8) is 0 Å². The lowest BCUT2D eigenvalue weighted by atomic mass is 10.0. The minimum Gasteiger partial charge on any atom is -0.381 e. The zero-order chi connectivity index (χ0) is 29.9. The average Bonchev–Trinajstić information content (AvgIpc) is 3.24. The van der Waals surface area contributed by atoms with Crippen LogP contribution in [0.5, 0.6) is 0 Å². The summed E-state index contributed by atoms with van der Waals surface area (Å²) in [7, 11) is 0.